The first-order valence-electron chi connectivity index (χ1n) is 7.74. The lowest BCUT2D eigenvalue weighted by molar-refractivity contribution is 0.0690. The second-order valence-corrected chi connectivity index (χ2v) is 6.02. The topological polar surface area (TPSA) is 62.7 Å². The van der Waals surface area contributed by atoms with E-state index in [1.54, 1.807) is 6.07 Å². The van der Waals surface area contributed by atoms with E-state index < -0.39 is 5.97 Å². The molecule has 2 aliphatic rings. The molecule has 0 saturated carbocycles. The average Bonchev–Trinajstić information content (AvgIpc) is 3.06. The van der Waals surface area contributed by atoms with Crippen LogP contribution >= 0.6 is 0 Å². The number of carboxylic acid groups (broad SMARTS) is 1. The van der Waals surface area contributed by atoms with Crippen LogP contribution in [-0.4, -0.2) is 47.2 Å². The highest BCUT2D eigenvalue weighted by Crippen LogP contribution is 2.27. The van der Waals surface area contributed by atoms with E-state index in [-0.39, 0.29) is 5.56 Å². The molecule has 1 saturated heterocycles. The van der Waals surface area contributed by atoms with E-state index in [9.17, 15) is 9.90 Å². The van der Waals surface area contributed by atoms with Crippen LogP contribution in [0.4, 0.5) is 0 Å². The van der Waals surface area contributed by atoms with E-state index in [0.717, 1.165) is 43.5 Å². The van der Waals surface area contributed by atoms with Gasteiger partial charge in [-0.25, -0.2) is 9.78 Å². The molecular formula is C16H22N2O3. The molecule has 0 aromatic carbocycles. The minimum Gasteiger partial charge on any atom is -0.477 e. The van der Waals surface area contributed by atoms with Crippen LogP contribution in [0.25, 0.3) is 0 Å². The van der Waals surface area contributed by atoms with Gasteiger partial charge in [-0.1, -0.05) is 0 Å². The maximum atomic E-state index is 11.4. The van der Waals surface area contributed by atoms with E-state index in [2.05, 4.69) is 16.9 Å². The minimum absolute atomic E-state index is 0.204. The minimum atomic E-state index is -0.954. The summed E-state index contributed by atoms with van der Waals surface area (Å²) in [5.74, 6) is -0.658. The molecular weight excluding hydrogens is 268 g/mol. The number of aromatic nitrogens is 1. The lowest BCUT2D eigenvalue weighted by atomic mass is 10.1. The van der Waals surface area contributed by atoms with Gasteiger partial charge in [0, 0.05) is 11.7 Å². The zero-order chi connectivity index (χ0) is 14.8. The smallest absolute Gasteiger partial charge is 0.341 e. The number of carbonyl (C=O) groups is 1. The van der Waals surface area contributed by atoms with Gasteiger partial charge in [0.1, 0.15) is 5.56 Å². The van der Waals surface area contributed by atoms with Crippen LogP contribution in [-0.2, 0) is 12.8 Å². The molecule has 1 N–H and O–H groups in total. The van der Waals surface area contributed by atoms with Gasteiger partial charge in [-0.15, -0.1) is 0 Å². The summed E-state index contributed by atoms with van der Waals surface area (Å²) in [6, 6.07) is 2.29. The van der Waals surface area contributed by atoms with Crippen LogP contribution in [0, 0.1) is 0 Å². The molecule has 0 radical (unpaired) electrons. The molecule has 0 amide bonds. The SMILES string of the molecule is CN1CCCC1CCOc1nc2c(cc1C(=O)O)CCC2. The van der Waals surface area contributed by atoms with Gasteiger partial charge >= 0.3 is 5.97 Å². The second kappa shape index (κ2) is 6.02. The average molecular weight is 290 g/mol. The number of nitrogens with zero attached hydrogens (tertiary/aromatic N) is 2. The first kappa shape index (κ1) is 14.3. The predicted molar refractivity (Wildman–Crippen MR) is 79.0 cm³/mol. The summed E-state index contributed by atoms with van der Waals surface area (Å²) < 4.78 is 5.72. The van der Waals surface area contributed by atoms with Crippen molar-refractivity contribution in [1.82, 2.24) is 9.88 Å². The molecule has 3 rings (SSSR count). The zero-order valence-electron chi connectivity index (χ0n) is 12.5. The van der Waals surface area contributed by atoms with E-state index in [0.29, 0.717) is 18.5 Å². The van der Waals surface area contributed by atoms with Gasteiger partial charge in [0.05, 0.1) is 6.61 Å². The highest BCUT2D eigenvalue weighted by molar-refractivity contribution is 5.90. The lowest BCUT2D eigenvalue weighted by Gasteiger charge is -2.19. The maximum Gasteiger partial charge on any atom is 0.341 e. The molecule has 5 nitrogen and oxygen atoms in total. The Morgan fingerprint density at radius 3 is 3.05 bits per heavy atom. The number of aryl methyl sites for hydroxylation is 2. The molecule has 5 heteroatoms. The number of fused-ring (bicyclic) bond motifs is 1. The van der Waals surface area contributed by atoms with E-state index in [4.69, 9.17) is 4.74 Å². The first-order valence-corrected chi connectivity index (χ1v) is 7.74. The standard InChI is InChI=1S/C16H22N2O3/c1-18-8-3-5-12(18)7-9-21-15-13(16(19)20)10-11-4-2-6-14(11)17-15/h10,12H,2-9H2,1H3,(H,19,20). The van der Waals surface area contributed by atoms with Crippen LogP contribution in [0.1, 0.15) is 47.3 Å². The first-order chi connectivity index (χ1) is 10.1. The number of ether oxygens (including phenoxy) is 1. The Kier molecular flexibility index (Phi) is 4.10. The molecule has 1 atom stereocenters. The van der Waals surface area contributed by atoms with Crippen molar-refractivity contribution in [2.45, 2.75) is 44.6 Å². The molecule has 21 heavy (non-hydrogen) atoms. The summed E-state index contributed by atoms with van der Waals surface area (Å²) in [5.41, 5.74) is 2.28. The van der Waals surface area contributed by atoms with Crippen LogP contribution in [0.5, 0.6) is 5.88 Å². The molecule has 1 fully saturated rings. The third-order valence-corrected chi connectivity index (χ3v) is 4.61. The number of likely N-dealkylation sites (tertiary alicyclic amines) is 1. The Balaban J connectivity index is 1.68. The van der Waals surface area contributed by atoms with Crippen LogP contribution in [0.15, 0.2) is 6.07 Å². The molecule has 0 spiro atoms. The number of aromatic carboxylic acids is 1. The third-order valence-electron chi connectivity index (χ3n) is 4.61. The van der Waals surface area contributed by atoms with Crippen molar-refractivity contribution in [3.8, 4) is 5.88 Å². The van der Waals surface area contributed by atoms with Gasteiger partial charge < -0.3 is 14.7 Å². The van der Waals surface area contributed by atoms with Crippen LogP contribution < -0.4 is 4.74 Å². The van der Waals surface area contributed by atoms with Gasteiger partial charge in [-0.3, -0.25) is 0 Å². The summed E-state index contributed by atoms with van der Waals surface area (Å²) in [5, 5.41) is 9.32. The fourth-order valence-corrected chi connectivity index (χ4v) is 3.35. The van der Waals surface area contributed by atoms with Gasteiger partial charge in [0.15, 0.2) is 0 Å². The van der Waals surface area contributed by atoms with Crippen molar-refractivity contribution in [2.24, 2.45) is 0 Å². The zero-order valence-corrected chi connectivity index (χ0v) is 12.5. The fraction of sp³-hybridized carbons (Fsp3) is 0.625. The van der Waals surface area contributed by atoms with Crippen molar-refractivity contribution in [3.05, 3.63) is 22.9 Å². The Labute approximate surface area is 124 Å². The summed E-state index contributed by atoms with van der Waals surface area (Å²) in [4.78, 5) is 18.2. The molecule has 1 aliphatic carbocycles. The molecule has 0 bridgehead atoms. The summed E-state index contributed by atoms with van der Waals surface area (Å²) in [6.07, 6.45) is 6.26. The van der Waals surface area contributed by atoms with Crippen molar-refractivity contribution < 1.29 is 14.6 Å². The monoisotopic (exact) mass is 290 g/mol. The molecule has 1 unspecified atom stereocenters. The van der Waals surface area contributed by atoms with Crippen molar-refractivity contribution in [1.29, 1.82) is 0 Å². The third kappa shape index (κ3) is 3.02. The normalized spacial score (nSPS) is 21.5. The van der Waals surface area contributed by atoms with Gasteiger partial charge in [-0.2, -0.15) is 0 Å². The fourth-order valence-electron chi connectivity index (χ4n) is 3.35. The van der Waals surface area contributed by atoms with Gasteiger partial charge in [0.2, 0.25) is 5.88 Å². The van der Waals surface area contributed by atoms with Crippen molar-refractivity contribution in [2.75, 3.05) is 20.2 Å². The van der Waals surface area contributed by atoms with Gasteiger partial charge in [-0.05, 0) is 63.7 Å². The lowest BCUT2D eigenvalue weighted by Crippen LogP contribution is -2.26. The Hall–Kier alpha value is -1.62. The van der Waals surface area contributed by atoms with Crippen molar-refractivity contribution >= 4 is 5.97 Å². The number of hydrogen-bond donors (Lipinski definition) is 1. The summed E-state index contributed by atoms with van der Waals surface area (Å²) in [6.45, 7) is 1.67. The van der Waals surface area contributed by atoms with E-state index in [1.165, 1.54) is 12.8 Å². The molecule has 2 heterocycles. The predicted octanol–water partition coefficient (Wildman–Crippen LogP) is 2.13. The highest BCUT2D eigenvalue weighted by Gasteiger charge is 2.23. The summed E-state index contributed by atoms with van der Waals surface area (Å²) in [7, 11) is 2.13. The number of carboxylic acids is 1. The Morgan fingerprint density at radius 2 is 2.33 bits per heavy atom. The quantitative estimate of drug-likeness (QED) is 0.900. The Morgan fingerprint density at radius 1 is 1.48 bits per heavy atom. The van der Waals surface area contributed by atoms with Crippen LogP contribution in [0.3, 0.4) is 0 Å². The highest BCUT2D eigenvalue weighted by atomic mass is 16.5. The maximum absolute atomic E-state index is 11.4. The van der Waals surface area contributed by atoms with E-state index >= 15 is 0 Å². The van der Waals surface area contributed by atoms with Gasteiger partial charge in [0.25, 0.3) is 0 Å². The molecule has 114 valence electrons. The molecule has 1 aliphatic heterocycles. The second-order valence-electron chi connectivity index (χ2n) is 6.02. The van der Waals surface area contributed by atoms with Crippen LogP contribution in [0.2, 0.25) is 0 Å². The number of pyridine rings is 1. The largest absolute Gasteiger partial charge is 0.477 e. The number of hydrogen-bond acceptors (Lipinski definition) is 4. The Bertz CT molecular complexity index is 545. The summed E-state index contributed by atoms with van der Waals surface area (Å²) >= 11 is 0. The van der Waals surface area contributed by atoms with E-state index in [1.807, 2.05) is 0 Å². The number of rotatable bonds is 5. The molecule has 1 aromatic rings. The van der Waals surface area contributed by atoms with Crippen molar-refractivity contribution in [3.63, 3.8) is 0 Å². The molecule has 1 aromatic heterocycles.